The summed E-state index contributed by atoms with van der Waals surface area (Å²) >= 11 is 0. The second-order valence-corrected chi connectivity index (χ2v) is 6.47. The van der Waals surface area contributed by atoms with Crippen molar-refractivity contribution >= 4 is 11.9 Å². The van der Waals surface area contributed by atoms with Crippen molar-refractivity contribution in [3.8, 4) is 22.6 Å². The van der Waals surface area contributed by atoms with Crippen LogP contribution in [-0.4, -0.2) is 25.2 Å². The lowest BCUT2D eigenvalue weighted by Gasteiger charge is -2.08. The summed E-state index contributed by atoms with van der Waals surface area (Å²) in [5.41, 5.74) is 3.48. The maximum absolute atomic E-state index is 12.2. The molecule has 0 bridgehead atoms. The van der Waals surface area contributed by atoms with Crippen molar-refractivity contribution in [2.24, 2.45) is 0 Å². The third kappa shape index (κ3) is 4.55. The summed E-state index contributed by atoms with van der Waals surface area (Å²) in [5.74, 6) is 0.220. The lowest BCUT2D eigenvalue weighted by Crippen LogP contribution is -2.30. The SMILES string of the molecule is O=C(CNC(=O)c1ccc2c(c1)OCO2)OCc1ccc(-c2ccccc2)cc1. The lowest BCUT2D eigenvalue weighted by molar-refractivity contribution is -0.143. The van der Waals surface area contributed by atoms with E-state index in [0.717, 1.165) is 16.7 Å². The van der Waals surface area contributed by atoms with Crippen molar-refractivity contribution in [3.63, 3.8) is 0 Å². The number of fused-ring (bicyclic) bond motifs is 1. The zero-order chi connectivity index (χ0) is 20.1. The van der Waals surface area contributed by atoms with Crippen LogP contribution in [0.25, 0.3) is 11.1 Å². The van der Waals surface area contributed by atoms with Crippen LogP contribution in [0.3, 0.4) is 0 Å². The van der Waals surface area contributed by atoms with Gasteiger partial charge in [-0.15, -0.1) is 0 Å². The molecule has 0 spiro atoms. The number of amides is 1. The van der Waals surface area contributed by atoms with E-state index in [1.54, 1.807) is 18.2 Å². The van der Waals surface area contributed by atoms with Crippen molar-refractivity contribution in [1.29, 1.82) is 0 Å². The molecule has 1 heterocycles. The number of benzene rings is 3. The number of hydrogen-bond donors (Lipinski definition) is 1. The molecule has 4 rings (SSSR count). The standard InChI is InChI=1S/C23H19NO5/c25-22(13-24-23(26)19-10-11-20-21(12-19)29-15-28-20)27-14-16-6-8-18(9-7-16)17-4-2-1-3-5-17/h1-12H,13-15H2,(H,24,26). The molecule has 29 heavy (non-hydrogen) atoms. The Kier molecular flexibility index (Phi) is 5.42. The first-order valence-electron chi connectivity index (χ1n) is 9.17. The van der Waals surface area contributed by atoms with E-state index in [2.05, 4.69) is 5.32 Å². The van der Waals surface area contributed by atoms with Gasteiger partial charge in [-0.2, -0.15) is 0 Å². The third-order valence-corrected chi connectivity index (χ3v) is 4.49. The Morgan fingerprint density at radius 3 is 2.38 bits per heavy atom. The Bertz CT molecular complexity index is 1020. The van der Waals surface area contributed by atoms with Crippen molar-refractivity contribution in [1.82, 2.24) is 5.32 Å². The molecular weight excluding hydrogens is 370 g/mol. The van der Waals surface area contributed by atoms with Crippen LogP contribution < -0.4 is 14.8 Å². The van der Waals surface area contributed by atoms with E-state index in [9.17, 15) is 9.59 Å². The highest BCUT2D eigenvalue weighted by Crippen LogP contribution is 2.32. The van der Waals surface area contributed by atoms with Crippen molar-refractivity contribution < 1.29 is 23.8 Å². The molecule has 3 aromatic rings. The largest absolute Gasteiger partial charge is 0.460 e. The summed E-state index contributed by atoms with van der Waals surface area (Å²) in [5, 5.41) is 2.55. The van der Waals surface area contributed by atoms with Gasteiger partial charge < -0.3 is 19.5 Å². The van der Waals surface area contributed by atoms with E-state index < -0.39 is 5.97 Å². The number of esters is 1. The Labute approximate surface area is 168 Å². The molecule has 1 N–H and O–H groups in total. The molecular formula is C23H19NO5. The minimum absolute atomic E-state index is 0.138. The smallest absolute Gasteiger partial charge is 0.325 e. The molecule has 6 nitrogen and oxygen atoms in total. The number of hydrogen-bond acceptors (Lipinski definition) is 5. The van der Waals surface area contributed by atoms with Crippen LogP contribution in [-0.2, 0) is 16.1 Å². The molecule has 146 valence electrons. The number of ether oxygens (including phenoxy) is 3. The van der Waals surface area contributed by atoms with Gasteiger partial charge in [0.15, 0.2) is 11.5 Å². The highest BCUT2D eigenvalue weighted by Gasteiger charge is 2.16. The van der Waals surface area contributed by atoms with Gasteiger partial charge in [-0.05, 0) is 34.9 Å². The average Bonchev–Trinajstić information content (AvgIpc) is 3.25. The highest BCUT2D eigenvalue weighted by molar-refractivity contribution is 5.96. The van der Waals surface area contributed by atoms with Crippen LogP contribution in [0.4, 0.5) is 0 Å². The molecule has 3 aromatic carbocycles. The number of nitrogens with one attached hydrogen (secondary N) is 1. The fourth-order valence-electron chi connectivity index (χ4n) is 2.93. The first-order valence-corrected chi connectivity index (χ1v) is 9.17. The quantitative estimate of drug-likeness (QED) is 0.653. The van der Waals surface area contributed by atoms with Gasteiger partial charge >= 0.3 is 5.97 Å². The minimum atomic E-state index is -0.508. The molecule has 0 saturated carbocycles. The number of rotatable bonds is 6. The fraction of sp³-hybridized carbons (Fsp3) is 0.130. The van der Waals surface area contributed by atoms with E-state index in [1.807, 2.05) is 54.6 Å². The molecule has 0 radical (unpaired) electrons. The van der Waals surface area contributed by atoms with Gasteiger partial charge in [0.1, 0.15) is 13.2 Å². The zero-order valence-corrected chi connectivity index (χ0v) is 15.6. The maximum atomic E-state index is 12.2. The van der Waals surface area contributed by atoms with Crippen LogP contribution in [0.2, 0.25) is 0 Å². The minimum Gasteiger partial charge on any atom is -0.460 e. The summed E-state index contributed by atoms with van der Waals surface area (Å²) in [6.07, 6.45) is 0. The van der Waals surface area contributed by atoms with Crippen molar-refractivity contribution in [3.05, 3.63) is 83.9 Å². The molecule has 1 aliphatic heterocycles. The summed E-state index contributed by atoms with van der Waals surface area (Å²) < 4.78 is 15.7. The Morgan fingerprint density at radius 1 is 0.862 bits per heavy atom. The summed E-state index contributed by atoms with van der Waals surface area (Å²) in [7, 11) is 0. The molecule has 0 aliphatic carbocycles. The van der Waals surface area contributed by atoms with E-state index in [0.29, 0.717) is 17.1 Å². The molecule has 0 atom stereocenters. The molecule has 0 aromatic heterocycles. The van der Waals surface area contributed by atoms with Crippen LogP contribution in [0, 0.1) is 0 Å². The predicted octanol–water partition coefficient (Wildman–Crippen LogP) is 3.56. The summed E-state index contributed by atoms with van der Waals surface area (Å²) in [6, 6.07) is 22.7. The second-order valence-electron chi connectivity index (χ2n) is 6.47. The molecule has 0 saturated heterocycles. The highest BCUT2D eigenvalue weighted by atomic mass is 16.7. The van der Waals surface area contributed by atoms with Crippen LogP contribution in [0.5, 0.6) is 11.5 Å². The number of carbonyl (C=O) groups excluding carboxylic acids is 2. The second kappa shape index (κ2) is 8.48. The summed E-state index contributed by atoms with van der Waals surface area (Å²) in [4.78, 5) is 24.1. The van der Waals surface area contributed by atoms with Crippen LogP contribution in [0.15, 0.2) is 72.8 Å². The van der Waals surface area contributed by atoms with E-state index in [-0.39, 0.29) is 25.9 Å². The lowest BCUT2D eigenvalue weighted by atomic mass is 10.0. The molecule has 1 amide bonds. The molecule has 0 unspecified atom stereocenters. The Balaban J connectivity index is 1.25. The summed E-state index contributed by atoms with van der Waals surface area (Å²) in [6.45, 7) is 0.0717. The Morgan fingerprint density at radius 2 is 1.59 bits per heavy atom. The van der Waals surface area contributed by atoms with Gasteiger partial charge in [-0.25, -0.2) is 0 Å². The van der Waals surface area contributed by atoms with Crippen LogP contribution >= 0.6 is 0 Å². The van der Waals surface area contributed by atoms with E-state index in [4.69, 9.17) is 14.2 Å². The van der Waals surface area contributed by atoms with Crippen LogP contribution in [0.1, 0.15) is 15.9 Å². The predicted molar refractivity (Wildman–Crippen MR) is 107 cm³/mol. The Hall–Kier alpha value is -3.80. The average molecular weight is 389 g/mol. The topological polar surface area (TPSA) is 73.9 Å². The third-order valence-electron chi connectivity index (χ3n) is 4.49. The van der Waals surface area contributed by atoms with Gasteiger partial charge in [0, 0.05) is 5.56 Å². The monoisotopic (exact) mass is 389 g/mol. The van der Waals surface area contributed by atoms with Crippen molar-refractivity contribution in [2.75, 3.05) is 13.3 Å². The van der Waals surface area contributed by atoms with Gasteiger partial charge in [-0.3, -0.25) is 9.59 Å². The van der Waals surface area contributed by atoms with E-state index in [1.165, 1.54) is 0 Å². The van der Waals surface area contributed by atoms with Gasteiger partial charge in [0.2, 0.25) is 6.79 Å². The fourth-order valence-corrected chi connectivity index (χ4v) is 2.93. The van der Waals surface area contributed by atoms with E-state index >= 15 is 0 Å². The van der Waals surface area contributed by atoms with Gasteiger partial charge in [0.05, 0.1) is 0 Å². The molecule has 1 aliphatic rings. The zero-order valence-electron chi connectivity index (χ0n) is 15.6. The van der Waals surface area contributed by atoms with Crippen molar-refractivity contribution in [2.45, 2.75) is 6.61 Å². The normalized spacial score (nSPS) is 11.7. The first-order chi connectivity index (χ1) is 14.2. The van der Waals surface area contributed by atoms with Gasteiger partial charge in [-0.1, -0.05) is 54.6 Å². The maximum Gasteiger partial charge on any atom is 0.325 e. The number of carbonyl (C=O) groups is 2. The molecule has 6 heteroatoms. The first kappa shape index (κ1) is 18.6. The molecule has 0 fully saturated rings. The van der Waals surface area contributed by atoms with Gasteiger partial charge in [0.25, 0.3) is 5.91 Å².